The maximum Gasteiger partial charge on any atom is 0.308 e. The van der Waals surface area contributed by atoms with Gasteiger partial charge in [0.15, 0.2) is 28.3 Å². The van der Waals surface area contributed by atoms with Crippen LogP contribution in [0.3, 0.4) is 0 Å². The molecule has 17 heteroatoms. The summed E-state index contributed by atoms with van der Waals surface area (Å²) in [5.74, 6) is -4.52. The Kier molecular flexibility index (Phi) is 10.4. The lowest BCUT2D eigenvalue weighted by molar-refractivity contribution is -0.279. The van der Waals surface area contributed by atoms with E-state index in [0.717, 1.165) is 20.1 Å². The molecule has 4 rings (SSSR count). The van der Waals surface area contributed by atoms with E-state index in [2.05, 4.69) is 0 Å². The predicted molar refractivity (Wildman–Crippen MR) is 157 cm³/mol. The second-order valence-electron chi connectivity index (χ2n) is 10.9. The number of carboxylic acids is 1. The smallest absolute Gasteiger partial charge is 0.308 e. The maximum absolute atomic E-state index is 13.2. The van der Waals surface area contributed by atoms with Crippen LogP contribution in [-0.2, 0) is 19.1 Å². The molecular weight excluding hydrogens is 632 g/mol. The first kappa shape index (κ1) is 35.1. The Morgan fingerprint density at radius 1 is 0.915 bits per heavy atom. The molecule has 2 aromatic carbocycles. The van der Waals surface area contributed by atoms with E-state index in [1.54, 1.807) is 0 Å². The molecule has 1 fully saturated rings. The third-order valence-electron chi connectivity index (χ3n) is 7.26. The lowest BCUT2D eigenvalue weighted by Gasteiger charge is -2.40. The molecular formula is C30H34O17. The first-order valence-electron chi connectivity index (χ1n) is 13.9. The maximum atomic E-state index is 13.2. The zero-order chi connectivity index (χ0) is 34.8. The van der Waals surface area contributed by atoms with E-state index in [1.807, 2.05) is 0 Å². The van der Waals surface area contributed by atoms with Crippen molar-refractivity contribution in [1.82, 2.24) is 0 Å². The summed E-state index contributed by atoms with van der Waals surface area (Å²) in [7, 11) is 3.63. The van der Waals surface area contributed by atoms with Gasteiger partial charge in [-0.2, -0.15) is 0 Å². The number of benzene rings is 2. The average molecular weight is 667 g/mol. The van der Waals surface area contributed by atoms with Crippen LogP contribution in [0.15, 0.2) is 33.5 Å². The van der Waals surface area contributed by atoms with Gasteiger partial charge in [-0.25, -0.2) is 0 Å². The Morgan fingerprint density at radius 3 is 2.21 bits per heavy atom. The second-order valence-corrected chi connectivity index (χ2v) is 10.9. The fraction of sp³-hybridized carbons (Fsp3) is 0.433. The molecule has 0 aliphatic carbocycles. The van der Waals surface area contributed by atoms with Gasteiger partial charge in [-0.05, 0) is 25.1 Å². The van der Waals surface area contributed by atoms with Crippen LogP contribution in [0, 0.1) is 0 Å². The van der Waals surface area contributed by atoms with Gasteiger partial charge in [0.05, 0.1) is 39.8 Å². The number of aliphatic hydroxyl groups excluding tert-OH is 3. The van der Waals surface area contributed by atoms with Crippen molar-refractivity contribution in [2.75, 3.05) is 27.9 Å². The molecule has 0 amide bonds. The lowest BCUT2D eigenvalue weighted by atomic mass is 9.98. The molecule has 1 saturated heterocycles. The van der Waals surface area contributed by atoms with E-state index in [0.29, 0.717) is 5.56 Å². The van der Waals surface area contributed by atoms with Gasteiger partial charge >= 0.3 is 11.9 Å². The minimum Gasteiger partial charge on any atom is -0.504 e. The largest absolute Gasteiger partial charge is 0.504 e. The molecule has 0 spiro atoms. The van der Waals surface area contributed by atoms with Crippen molar-refractivity contribution in [2.45, 2.75) is 56.1 Å². The minimum atomic E-state index is -1.94. The minimum absolute atomic E-state index is 0.0358. The number of rotatable bonds is 12. The van der Waals surface area contributed by atoms with E-state index in [4.69, 9.17) is 37.9 Å². The number of ether oxygens (including phenoxy) is 6. The number of carboxylic acid groups (broad SMARTS) is 1. The third kappa shape index (κ3) is 7.28. The van der Waals surface area contributed by atoms with Gasteiger partial charge in [0.2, 0.25) is 23.5 Å². The number of fused-ring (bicyclic) bond motifs is 1. The SMILES string of the molecule is COc1cc(-c2cc(=O)c3c(O)c(OC)c(O[C@@H]4O[C@H](COC(=O)CC(C)(O)CC(=O)O)[C@@H](O)[C@H](O)[C@H]4O)c(OC)c3o2)ccc1O. The van der Waals surface area contributed by atoms with Gasteiger partial charge in [-0.15, -0.1) is 0 Å². The number of phenols is 2. The second kappa shape index (κ2) is 13.9. The van der Waals surface area contributed by atoms with E-state index < -0.39 is 90.4 Å². The zero-order valence-corrected chi connectivity index (χ0v) is 25.5. The molecule has 0 saturated carbocycles. The molecule has 6 atom stereocenters. The van der Waals surface area contributed by atoms with E-state index in [9.17, 15) is 45.0 Å². The van der Waals surface area contributed by atoms with Crippen molar-refractivity contribution >= 4 is 22.9 Å². The first-order chi connectivity index (χ1) is 22.1. The van der Waals surface area contributed by atoms with Crippen molar-refractivity contribution in [3.05, 3.63) is 34.5 Å². The summed E-state index contributed by atoms with van der Waals surface area (Å²) in [6.07, 6.45) is -10.5. The van der Waals surface area contributed by atoms with Crippen molar-refractivity contribution in [3.63, 3.8) is 0 Å². The highest BCUT2D eigenvalue weighted by Crippen LogP contribution is 2.51. The highest BCUT2D eigenvalue weighted by molar-refractivity contribution is 5.95. The molecule has 1 aliphatic rings. The van der Waals surface area contributed by atoms with Gasteiger partial charge in [0.1, 0.15) is 42.2 Å². The number of aromatic hydroxyl groups is 2. The van der Waals surface area contributed by atoms with Crippen molar-refractivity contribution in [1.29, 1.82) is 0 Å². The van der Waals surface area contributed by atoms with Gasteiger partial charge in [-0.3, -0.25) is 14.4 Å². The summed E-state index contributed by atoms with van der Waals surface area (Å²) in [6.45, 7) is 0.392. The molecule has 17 nitrogen and oxygen atoms in total. The first-order valence-corrected chi connectivity index (χ1v) is 13.9. The van der Waals surface area contributed by atoms with E-state index in [1.165, 1.54) is 32.4 Å². The number of carbonyl (C=O) groups is 2. The van der Waals surface area contributed by atoms with Gasteiger partial charge in [-0.1, -0.05) is 0 Å². The summed E-state index contributed by atoms with van der Waals surface area (Å²) < 4.78 is 38.2. The third-order valence-corrected chi connectivity index (χ3v) is 7.26. The Morgan fingerprint density at radius 2 is 1.60 bits per heavy atom. The number of aliphatic hydroxyl groups is 4. The average Bonchev–Trinajstić information content (AvgIpc) is 3.00. The fourth-order valence-corrected chi connectivity index (χ4v) is 4.95. The lowest BCUT2D eigenvalue weighted by Crippen LogP contribution is -2.60. The van der Waals surface area contributed by atoms with Gasteiger partial charge in [0, 0.05) is 11.6 Å². The summed E-state index contributed by atoms with van der Waals surface area (Å²) in [5.41, 5.74) is -2.71. The van der Waals surface area contributed by atoms with Gasteiger partial charge in [0.25, 0.3) is 0 Å². The quantitative estimate of drug-likeness (QED) is 0.128. The van der Waals surface area contributed by atoms with E-state index in [-0.39, 0.29) is 34.0 Å². The number of hydrogen-bond acceptors (Lipinski definition) is 16. The van der Waals surface area contributed by atoms with Crippen molar-refractivity contribution in [3.8, 4) is 45.8 Å². The van der Waals surface area contributed by atoms with Crippen LogP contribution in [0.5, 0.6) is 34.5 Å². The molecule has 1 unspecified atom stereocenters. The summed E-state index contributed by atoms with van der Waals surface area (Å²) in [4.78, 5) is 36.4. The van der Waals surface area contributed by atoms with Crippen LogP contribution in [0.25, 0.3) is 22.3 Å². The molecule has 0 radical (unpaired) electrons. The predicted octanol–water partition coefficient (Wildman–Crippen LogP) is 0.242. The van der Waals surface area contributed by atoms with Crippen LogP contribution in [0.4, 0.5) is 0 Å². The zero-order valence-electron chi connectivity index (χ0n) is 25.5. The molecule has 7 N–H and O–H groups in total. The van der Waals surface area contributed by atoms with Crippen LogP contribution >= 0.6 is 0 Å². The number of phenolic OH excluding ortho intramolecular Hbond substituents is 2. The number of esters is 1. The van der Waals surface area contributed by atoms with Crippen molar-refractivity contribution in [2.24, 2.45) is 0 Å². The van der Waals surface area contributed by atoms with Crippen LogP contribution in [0.1, 0.15) is 19.8 Å². The monoisotopic (exact) mass is 666 g/mol. The number of carbonyl (C=O) groups excluding carboxylic acids is 1. The molecule has 1 aromatic heterocycles. The Bertz CT molecular complexity index is 1700. The topological polar surface area (TPSA) is 261 Å². The molecule has 256 valence electrons. The standard InChI is InChI=1S/C30H34O17/c1-30(40,9-18(33)34)10-19(35)44-11-17-21(36)23(38)24(39)29(46-17)47-28-26(42-3)22(37)20-14(32)8-15(45-25(20)27(28)43-4)12-5-6-13(31)16(7-12)41-2/h5-8,17,21,23-24,29,31,36-40H,9-11H2,1-4H3,(H,33,34)/t17-,21-,23+,24-,29+,30?/m1/s1. The Hall–Kier alpha value is -4.81. The molecule has 1 aliphatic heterocycles. The summed E-state index contributed by atoms with van der Waals surface area (Å²) in [5, 5.41) is 71.4. The highest BCUT2D eigenvalue weighted by Gasteiger charge is 2.46. The molecule has 3 aromatic rings. The fourth-order valence-electron chi connectivity index (χ4n) is 4.95. The molecule has 0 bridgehead atoms. The van der Waals surface area contributed by atoms with Crippen LogP contribution < -0.4 is 24.4 Å². The summed E-state index contributed by atoms with van der Waals surface area (Å²) >= 11 is 0. The van der Waals surface area contributed by atoms with Crippen LogP contribution in [-0.4, -0.2) is 112 Å². The molecule has 2 heterocycles. The van der Waals surface area contributed by atoms with Gasteiger partial charge < -0.3 is 68.6 Å². The number of aliphatic carboxylic acids is 1. The Labute approximate surface area is 265 Å². The number of methoxy groups -OCH3 is 3. The van der Waals surface area contributed by atoms with Crippen molar-refractivity contribution < 1.29 is 78.2 Å². The van der Waals surface area contributed by atoms with Crippen LogP contribution in [0.2, 0.25) is 0 Å². The Balaban J connectivity index is 1.70. The number of hydrogen-bond donors (Lipinski definition) is 7. The molecule has 47 heavy (non-hydrogen) atoms. The normalized spacial score (nSPS) is 22.3. The summed E-state index contributed by atoms with van der Waals surface area (Å²) in [6, 6.07) is 5.22. The highest BCUT2D eigenvalue weighted by atomic mass is 16.7. The van der Waals surface area contributed by atoms with E-state index >= 15 is 0 Å².